The molecule has 0 radical (unpaired) electrons. The van der Waals surface area contributed by atoms with Crippen molar-refractivity contribution in [1.29, 1.82) is 0 Å². The standard InChI is InChI=1S/C18H17ClFN3O/c1-12-4-5-14(11-16(12)20)22-18(24)13-6-9-23(10-7-13)17-15(19)3-2-8-21-17/h2-6,8,11H,7,9-10H2,1H3,(H,22,24). The van der Waals surface area contributed by atoms with Crippen molar-refractivity contribution in [3.8, 4) is 0 Å². The van der Waals surface area contributed by atoms with Crippen LogP contribution >= 0.6 is 11.6 Å². The maximum absolute atomic E-state index is 13.6. The molecule has 3 rings (SSSR count). The Balaban J connectivity index is 1.67. The highest BCUT2D eigenvalue weighted by atomic mass is 35.5. The molecule has 1 aromatic carbocycles. The second-order valence-electron chi connectivity index (χ2n) is 5.65. The summed E-state index contributed by atoms with van der Waals surface area (Å²) in [6.45, 7) is 2.89. The molecule has 1 N–H and O–H groups in total. The average molecular weight is 346 g/mol. The molecule has 124 valence electrons. The van der Waals surface area contributed by atoms with E-state index >= 15 is 0 Å². The summed E-state index contributed by atoms with van der Waals surface area (Å²) in [6.07, 6.45) is 4.13. The van der Waals surface area contributed by atoms with Gasteiger partial charge < -0.3 is 10.2 Å². The predicted molar refractivity (Wildman–Crippen MR) is 93.9 cm³/mol. The van der Waals surface area contributed by atoms with Gasteiger partial charge in [-0.15, -0.1) is 0 Å². The van der Waals surface area contributed by atoms with Crippen LogP contribution in [0.2, 0.25) is 5.02 Å². The van der Waals surface area contributed by atoms with Crippen LogP contribution in [0.5, 0.6) is 0 Å². The van der Waals surface area contributed by atoms with Crippen LogP contribution in [-0.4, -0.2) is 24.0 Å². The zero-order chi connectivity index (χ0) is 17.1. The molecule has 0 saturated carbocycles. The molecular weight excluding hydrogens is 329 g/mol. The number of nitrogens with one attached hydrogen (secondary N) is 1. The van der Waals surface area contributed by atoms with Crippen molar-refractivity contribution >= 4 is 29.0 Å². The van der Waals surface area contributed by atoms with Gasteiger partial charge in [0.25, 0.3) is 5.91 Å². The van der Waals surface area contributed by atoms with Gasteiger partial charge in [0.2, 0.25) is 0 Å². The van der Waals surface area contributed by atoms with Crippen LogP contribution in [0.15, 0.2) is 48.2 Å². The first-order valence-electron chi connectivity index (χ1n) is 7.66. The topological polar surface area (TPSA) is 45.2 Å². The highest BCUT2D eigenvalue weighted by molar-refractivity contribution is 6.32. The number of hydrogen-bond acceptors (Lipinski definition) is 3. The first-order chi connectivity index (χ1) is 11.5. The lowest BCUT2D eigenvalue weighted by Gasteiger charge is -2.27. The lowest BCUT2D eigenvalue weighted by Crippen LogP contribution is -2.32. The van der Waals surface area contributed by atoms with Crippen molar-refractivity contribution in [1.82, 2.24) is 4.98 Å². The molecule has 0 spiro atoms. The number of nitrogens with zero attached hydrogens (tertiary/aromatic N) is 2. The third kappa shape index (κ3) is 3.57. The molecular formula is C18H17ClFN3O. The number of anilines is 2. The summed E-state index contributed by atoms with van der Waals surface area (Å²) in [5, 5.41) is 3.33. The molecule has 1 aliphatic rings. The number of hydrogen-bond donors (Lipinski definition) is 1. The maximum Gasteiger partial charge on any atom is 0.251 e. The van der Waals surface area contributed by atoms with Gasteiger partial charge in [0.05, 0.1) is 5.02 Å². The number of carbonyl (C=O) groups is 1. The molecule has 0 bridgehead atoms. The van der Waals surface area contributed by atoms with Gasteiger partial charge in [0.1, 0.15) is 11.6 Å². The number of rotatable bonds is 3. The van der Waals surface area contributed by atoms with Crippen molar-refractivity contribution in [2.24, 2.45) is 0 Å². The minimum Gasteiger partial charge on any atom is -0.351 e. The highest BCUT2D eigenvalue weighted by Crippen LogP contribution is 2.25. The summed E-state index contributed by atoms with van der Waals surface area (Å²) in [4.78, 5) is 18.6. The van der Waals surface area contributed by atoms with Gasteiger partial charge >= 0.3 is 0 Å². The van der Waals surface area contributed by atoms with E-state index in [2.05, 4.69) is 10.3 Å². The van der Waals surface area contributed by atoms with Gasteiger partial charge in [-0.1, -0.05) is 23.7 Å². The number of carbonyl (C=O) groups excluding carboxylic acids is 1. The first kappa shape index (κ1) is 16.5. The van der Waals surface area contributed by atoms with E-state index in [-0.39, 0.29) is 11.7 Å². The smallest absolute Gasteiger partial charge is 0.251 e. The predicted octanol–water partition coefficient (Wildman–Crippen LogP) is 3.96. The summed E-state index contributed by atoms with van der Waals surface area (Å²) >= 11 is 6.15. The summed E-state index contributed by atoms with van der Waals surface area (Å²) in [6, 6.07) is 8.24. The Morgan fingerprint density at radius 2 is 2.21 bits per heavy atom. The Kier molecular flexibility index (Phi) is 4.81. The van der Waals surface area contributed by atoms with Crippen molar-refractivity contribution in [2.45, 2.75) is 13.3 Å². The first-order valence-corrected chi connectivity index (χ1v) is 8.04. The zero-order valence-corrected chi connectivity index (χ0v) is 14.0. The lowest BCUT2D eigenvalue weighted by molar-refractivity contribution is -0.113. The van der Waals surface area contributed by atoms with E-state index in [9.17, 15) is 9.18 Å². The van der Waals surface area contributed by atoms with Crippen LogP contribution in [0.4, 0.5) is 15.9 Å². The largest absolute Gasteiger partial charge is 0.351 e. The molecule has 2 heterocycles. The molecule has 24 heavy (non-hydrogen) atoms. The molecule has 6 heteroatoms. The number of aromatic nitrogens is 1. The van der Waals surface area contributed by atoms with Crippen LogP contribution in [-0.2, 0) is 4.79 Å². The lowest BCUT2D eigenvalue weighted by atomic mass is 10.1. The van der Waals surface area contributed by atoms with Crippen molar-refractivity contribution in [3.05, 3.63) is 64.6 Å². The van der Waals surface area contributed by atoms with Crippen LogP contribution in [0.25, 0.3) is 0 Å². The highest BCUT2D eigenvalue weighted by Gasteiger charge is 2.19. The molecule has 0 fully saturated rings. The second kappa shape index (κ2) is 7.01. The number of amides is 1. The third-order valence-electron chi connectivity index (χ3n) is 3.97. The molecule has 1 aliphatic heterocycles. The molecule has 1 amide bonds. The number of benzene rings is 1. The number of pyridine rings is 1. The van der Waals surface area contributed by atoms with E-state index in [1.54, 1.807) is 37.4 Å². The second-order valence-corrected chi connectivity index (χ2v) is 6.06. The van der Waals surface area contributed by atoms with Crippen molar-refractivity contribution < 1.29 is 9.18 Å². The van der Waals surface area contributed by atoms with E-state index in [0.29, 0.717) is 41.4 Å². The van der Waals surface area contributed by atoms with Crippen LogP contribution in [0.3, 0.4) is 0 Å². The van der Waals surface area contributed by atoms with Crippen LogP contribution in [0, 0.1) is 12.7 Å². The van der Waals surface area contributed by atoms with Crippen LogP contribution in [0.1, 0.15) is 12.0 Å². The Hall–Kier alpha value is -2.40. The van der Waals surface area contributed by atoms with Gasteiger partial charge in [-0.3, -0.25) is 4.79 Å². The molecule has 1 aromatic heterocycles. The van der Waals surface area contributed by atoms with E-state index in [0.717, 1.165) is 5.82 Å². The Morgan fingerprint density at radius 1 is 1.38 bits per heavy atom. The fraction of sp³-hybridized carbons (Fsp3) is 0.222. The van der Waals surface area contributed by atoms with E-state index in [4.69, 9.17) is 11.6 Å². The Morgan fingerprint density at radius 3 is 2.88 bits per heavy atom. The summed E-state index contributed by atoms with van der Waals surface area (Å²) in [5.74, 6) is 0.182. The minimum atomic E-state index is -0.332. The minimum absolute atomic E-state index is 0.204. The normalized spacial score (nSPS) is 14.3. The fourth-order valence-electron chi connectivity index (χ4n) is 2.56. The molecule has 2 aromatic rings. The monoisotopic (exact) mass is 345 g/mol. The van der Waals surface area contributed by atoms with Gasteiger partial charge in [0.15, 0.2) is 0 Å². The number of aryl methyl sites for hydroxylation is 1. The van der Waals surface area contributed by atoms with E-state index in [1.807, 2.05) is 11.0 Å². The van der Waals surface area contributed by atoms with Gasteiger partial charge in [-0.25, -0.2) is 9.37 Å². The molecule has 0 saturated heterocycles. The van der Waals surface area contributed by atoms with Crippen molar-refractivity contribution in [3.63, 3.8) is 0 Å². The summed E-state index contributed by atoms with van der Waals surface area (Å²) in [5.41, 5.74) is 1.69. The Labute approximate surface area is 145 Å². The summed E-state index contributed by atoms with van der Waals surface area (Å²) < 4.78 is 13.6. The third-order valence-corrected chi connectivity index (χ3v) is 4.26. The SMILES string of the molecule is Cc1ccc(NC(=O)C2=CCN(c3ncccc3Cl)CC2)cc1F. The summed E-state index contributed by atoms with van der Waals surface area (Å²) in [7, 11) is 0. The van der Waals surface area contributed by atoms with Gasteiger partial charge in [0, 0.05) is 30.5 Å². The van der Waals surface area contributed by atoms with E-state index < -0.39 is 0 Å². The molecule has 0 aliphatic carbocycles. The number of halogens is 2. The van der Waals surface area contributed by atoms with Crippen molar-refractivity contribution in [2.75, 3.05) is 23.3 Å². The molecule has 0 atom stereocenters. The van der Waals surface area contributed by atoms with Gasteiger partial charge in [-0.2, -0.15) is 0 Å². The van der Waals surface area contributed by atoms with Crippen LogP contribution < -0.4 is 10.2 Å². The Bertz CT molecular complexity index is 807. The molecule has 4 nitrogen and oxygen atoms in total. The average Bonchev–Trinajstić information content (AvgIpc) is 2.59. The fourth-order valence-corrected chi connectivity index (χ4v) is 2.80. The molecule has 0 unspecified atom stereocenters. The van der Waals surface area contributed by atoms with E-state index in [1.165, 1.54) is 6.07 Å². The quantitative estimate of drug-likeness (QED) is 0.915. The zero-order valence-electron chi connectivity index (χ0n) is 13.2. The maximum atomic E-state index is 13.6. The van der Waals surface area contributed by atoms with Gasteiger partial charge in [-0.05, 0) is 43.2 Å².